The molecule has 0 aromatic rings. The van der Waals surface area contributed by atoms with E-state index in [1.165, 1.54) is 0 Å². The Bertz CT molecular complexity index is 291. The van der Waals surface area contributed by atoms with E-state index in [4.69, 9.17) is 10.4 Å². The average Bonchev–Trinajstić information content (AvgIpc) is 2.36. The van der Waals surface area contributed by atoms with E-state index in [9.17, 15) is 5.11 Å². The van der Waals surface area contributed by atoms with Gasteiger partial charge in [-0.15, -0.1) is 0 Å². The summed E-state index contributed by atoms with van der Waals surface area (Å²) in [5, 5.41) is 31.0. The van der Waals surface area contributed by atoms with E-state index < -0.39 is 0 Å². The Morgan fingerprint density at radius 2 is 2.16 bits per heavy atom. The van der Waals surface area contributed by atoms with Crippen LogP contribution < -0.4 is 5.32 Å². The number of likely N-dealkylation sites (tertiary alicyclic amines) is 1. The van der Waals surface area contributed by atoms with Crippen LogP contribution in [0.25, 0.3) is 0 Å². The molecule has 3 atom stereocenters. The molecule has 1 aliphatic rings. The van der Waals surface area contributed by atoms with Crippen LogP contribution in [0.3, 0.4) is 0 Å². The van der Waals surface area contributed by atoms with Gasteiger partial charge >= 0.3 is 0 Å². The summed E-state index contributed by atoms with van der Waals surface area (Å²) in [5.41, 5.74) is 0. The van der Waals surface area contributed by atoms with Gasteiger partial charge in [0.25, 0.3) is 0 Å². The lowest BCUT2D eigenvalue weighted by Gasteiger charge is -2.38. The van der Waals surface area contributed by atoms with Crippen LogP contribution in [0.5, 0.6) is 0 Å². The molecule has 1 heterocycles. The molecule has 1 rings (SSSR count). The van der Waals surface area contributed by atoms with Crippen molar-refractivity contribution in [2.45, 2.75) is 38.8 Å². The number of aliphatic hydroxyl groups excluding tert-OH is 2. The Balaban J connectivity index is 2.52. The van der Waals surface area contributed by atoms with E-state index in [0.717, 1.165) is 25.9 Å². The van der Waals surface area contributed by atoms with Crippen LogP contribution in [0.15, 0.2) is 0 Å². The third-order valence-corrected chi connectivity index (χ3v) is 3.80. The number of hydrogen-bond donors (Lipinski definition) is 3. The minimum atomic E-state index is -0.273. The van der Waals surface area contributed by atoms with Crippen molar-refractivity contribution in [3.8, 4) is 6.07 Å². The highest BCUT2D eigenvalue weighted by Crippen LogP contribution is 2.23. The van der Waals surface area contributed by atoms with Gasteiger partial charge in [0.1, 0.15) is 0 Å². The predicted octanol–water partition coefficient (Wildman–Crippen LogP) is 0.189. The van der Waals surface area contributed by atoms with Crippen molar-refractivity contribution < 1.29 is 10.2 Å². The lowest BCUT2D eigenvalue weighted by atomic mass is 9.87. The monoisotopic (exact) mass is 269 g/mol. The fraction of sp³-hybridized carbons (Fsp3) is 0.929. The Kier molecular flexibility index (Phi) is 7.32. The molecule has 0 aliphatic carbocycles. The smallest absolute Gasteiger partial charge is 0.0866 e. The number of nitriles is 1. The summed E-state index contributed by atoms with van der Waals surface area (Å²) in [5.74, 6) is 0.686. The standard InChI is InChI=1S/C14H27N3O2/c1-11(2)14(19)8-12-7-13(16-4-6-18)10-17(9-12)5-3-15/h11-14,16,18-19H,4-10H2,1-2H3. The fourth-order valence-electron chi connectivity index (χ4n) is 2.73. The fourth-order valence-corrected chi connectivity index (χ4v) is 2.73. The zero-order valence-electron chi connectivity index (χ0n) is 12.0. The largest absolute Gasteiger partial charge is 0.395 e. The SMILES string of the molecule is CC(C)C(O)CC1CC(NCCO)CN(CC#N)C1. The number of aliphatic hydroxyl groups is 2. The van der Waals surface area contributed by atoms with Crippen molar-refractivity contribution in [1.82, 2.24) is 10.2 Å². The summed E-state index contributed by atoms with van der Waals surface area (Å²) >= 11 is 0. The van der Waals surface area contributed by atoms with Crippen LogP contribution >= 0.6 is 0 Å². The van der Waals surface area contributed by atoms with E-state index in [0.29, 0.717) is 25.0 Å². The number of piperidine rings is 1. The summed E-state index contributed by atoms with van der Waals surface area (Å²) < 4.78 is 0. The molecule has 3 unspecified atom stereocenters. The molecule has 0 bridgehead atoms. The van der Waals surface area contributed by atoms with Gasteiger partial charge in [-0.1, -0.05) is 13.8 Å². The van der Waals surface area contributed by atoms with Gasteiger partial charge in [0, 0.05) is 25.7 Å². The van der Waals surface area contributed by atoms with Gasteiger partial charge in [-0.3, -0.25) is 4.90 Å². The summed E-state index contributed by atoms with van der Waals surface area (Å²) in [6.45, 7) is 6.95. The minimum absolute atomic E-state index is 0.133. The zero-order chi connectivity index (χ0) is 14.3. The van der Waals surface area contributed by atoms with Crippen molar-refractivity contribution in [2.75, 3.05) is 32.8 Å². The highest BCUT2D eigenvalue weighted by molar-refractivity contribution is 4.88. The van der Waals surface area contributed by atoms with E-state index >= 15 is 0 Å². The summed E-state index contributed by atoms with van der Waals surface area (Å²) in [6.07, 6.45) is 1.52. The predicted molar refractivity (Wildman–Crippen MR) is 74.5 cm³/mol. The number of nitrogens with one attached hydrogen (secondary N) is 1. The maximum atomic E-state index is 10.0. The minimum Gasteiger partial charge on any atom is -0.395 e. The molecule has 1 fully saturated rings. The number of rotatable bonds is 7. The first-order valence-corrected chi connectivity index (χ1v) is 7.18. The first kappa shape index (κ1) is 16.4. The molecule has 5 nitrogen and oxygen atoms in total. The van der Waals surface area contributed by atoms with Crippen molar-refractivity contribution in [3.63, 3.8) is 0 Å². The molecule has 1 saturated heterocycles. The zero-order valence-corrected chi connectivity index (χ0v) is 12.0. The molecule has 110 valence electrons. The molecule has 0 spiro atoms. The van der Waals surface area contributed by atoms with Gasteiger partial charge in [0.15, 0.2) is 0 Å². The molecule has 1 aliphatic heterocycles. The number of nitrogens with zero attached hydrogens (tertiary/aromatic N) is 2. The molecule has 0 amide bonds. The summed E-state index contributed by atoms with van der Waals surface area (Å²) in [4.78, 5) is 2.14. The average molecular weight is 269 g/mol. The highest BCUT2D eigenvalue weighted by atomic mass is 16.3. The molecule has 19 heavy (non-hydrogen) atoms. The number of hydrogen-bond acceptors (Lipinski definition) is 5. The van der Waals surface area contributed by atoms with Crippen LogP contribution in [0.4, 0.5) is 0 Å². The van der Waals surface area contributed by atoms with Gasteiger partial charge in [0.05, 0.1) is 25.3 Å². The van der Waals surface area contributed by atoms with Crippen LogP contribution in [0.1, 0.15) is 26.7 Å². The van der Waals surface area contributed by atoms with Crippen molar-refractivity contribution >= 4 is 0 Å². The summed E-state index contributed by atoms with van der Waals surface area (Å²) in [6, 6.07) is 2.50. The highest BCUT2D eigenvalue weighted by Gasteiger charge is 2.28. The Hall–Kier alpha value is -0.670. The van der Waals surface area contributed by atoms with Crippen molar-refractivity contribution in [3.05, 3.63) is 0 Å². The summed E-state index contributed by atoms with van der Waals surface area (Å²) in [7, 11) is 0. The van der Waals surface area contributed by atoms with Crippen LogP contribution in [0, 0.1) is 23.2 Å². The van der Waals surface area contributed by atoms with E-state index in [2.05, 4.69) is 16.3 Å². The second-order valence-electron chi connectivity index (χ2n) is 5.88. The van der Waals surface area contributed by atoms with Gasteiger partial charge in [-0.05, 0) is 24.7 Å². The van der Waals surface area contributed by atoms with Gasteiger partial charge in [0.2, 0.25) is 0 Å². The van der Waals surface area contributed by atoms with E-state index in [1.54, 1.807) is 0 Å². The first-order chi connectivity index (χ1) is 9.06. The normalized spacial score (nSPS) is 26.3. The molecule has 0 aromatic heterocycles. The van der Waals surface area contributed by atoms with Crippen molar-refractivity contribution in [1.29, 1.82) is 5.26 Å². The van der Waals surface area contributed by atoms with E-state index in [-0.39, 0.29) is 18.6 Å². The second kappa shape index (κ2) is 8.49. The topological polar surface area (TPSA) is 79.5 Å². The second-order valence-corrected chi connectivity index (χ2v) is 5.88. The Morgan fingerprint density at radius 1 is 1.42 bits per heavy atom. The Labute approximate surface area is 116 Å². The van der Waals surface area contributed by atoms with Crippen LogP contribution in [-0.4, -0.2) is 60.0 Å². The van der Waals surface area contributed by atoms with Gasteiger partial charge in [-0.25, -0.2) is 0 Å². The van der Waals surface area contributed by atoms with Crippen LogP contribution in [0.2, 0.25) is 0 Å². The maximum absolute atomic E-state index is 10.0. The quantitative estimate of drug-likeness (QED) is 0.575. The molecule has 5 heteroatoms. The van der Waals surface area contributed by atoms with Gasteiger partial charge < -0.3 is 15.5 Å². The molecule has 0 aromatic carbocycles. The molecular formula is C14H27N3O2. The van der Waals surface area contributed by atoms with Crippen LogP contribution in [-0.2, 0) is 0 Å². The molecule has 0 radical (unpaired) electrons. The third kappa shape index (κ3) is 5.87. The van der Waals surface area contributed by atoms with Crippen molar-refractivity contribution in [2.24, 2.45) is 11.8 Å². The first-order valence-electron chi connectivity index (χ1n) is 7.18. The molecular weight excluding hydrogens is 242 g/mol. The molecule has 3 N–H and O–H groups in total. The molecule has 0 saturated carbocycles. The lowest BCUT2D eigenvalue weighted by Crippen LogP contribution is -2.50. The van der Waals surface area contributed by atoms with Gasteiger partial charge in [-0.2, -0.15) is 5.26 Å². The third-order valence-electron chi connectivity index (χ3n) is 3.80. The Morgan fingerprint density at radius 3 is 2.74 bits per heavy atom. The van der Waals surface area contributed by atoms with E-state index in [1.807, 2.05) is 13.8 Å². The maximum Gasteiger partial charge on any atom is 0.0866 e. The lowest BCUT2D eigenvalue weighted by molar-refractivity contribution is 0.0647.